The molecule has 5 nitrogen and oxygen atoms in total. The molecular formula is C28H30N2O3. The summed E-state index contributed by atoms with van der Waals surface area (Å²) in [5.41, 5.74) is 4.12. The van der Waals surface area contributed by atoms with Gasteiger partial charge in [0.05, 0.1) is 12.6 Å². The zero-order valence-corrected chi connectivity index (χ0v) is 18.8. The zero-order chi connectivity index (χ0) is 22.5. The van der Waals surface area contributed by atoms with Crippen molar-refractivity contribution in [1.82, 2.24) is 10.2 Å². The lowest BCUT2D eigenvalue weighted by molar-refractivity contribution is -0.0960. The number of carbonyl (C=O) groups is 1. The molecule has 0 bridgehead atoms. The molecule has 1 N–H and O–H groups in total. The van der Waals surface area contributed by atoms with Gasteiger partial charge >= 0.3 is 0 Å². The summed E-state index contributed by atoms with van der Waals surface area (Å²) in [6.45, 7) is 3.99. The van der Waals surface area contributed by atoms with E-state index in [1.807, 2.05) is 60.7 Å². The predicted molar refractivity (Wildman–Crippen MR) is 129 cm³/mol. The van der Waals surface area contributed by atoms with Crippen LogP contribution in [0.25, 0.3) is 11.1 Å². The van der Waals surface area contributed by atoms with E-state index in [0.29, 0.717) is 18.7 Å². The smallest absolute Gasteiger partial charge is 0.251 e. The van der Waals surface area contributed by atoms with Crippen molar-refractivity contribution >= 4 is 5.91 Å². The molecule has 3 aromatic carbocycles. The minimum atomic E-state index is -0.0154. The number of unbranched alkanes of at least 4 members (excludes halogenated alkanes) is 1. The van der Waals surface area contributed by atoms with Crippen LogP contribution in [-0.2, 0) is 4.74 Å². The number of morpholine rings is 1. The number of nitrogens with zero attached hydrogens (tertiary/aromatic N) is 1. The molecule has 2 heterocycles. The average Bonchev–Trinajstić information content (AvgIpc) is 2.89. The summed E-state index contributed by atoms with van der Waals surface area (Å²) in [4.78, 5) is 15.0. The Morgan fingerprint density at radius 3 is 2.52 bits per heavy atom. The number of fused-ring (bicyclic) bond motifs is 3. The van der Waals surface area contributed by atoms with Crippen LogP contribution >= 0.6 is 0 Å². The van der Waals surface area contributed by atoms with Crippen LogP contribution < -0.4 is 10.1 Å². The summed E-state index contributed by atoms with van der Waals surface area (Å²) in [6, 6.07) is 26.4. The maximum absolute atomic E-state index is 12.5. The van der Waals surface area contributed by atoms with E-state index in [1.54, 1.807) is 0 Å². The van der Waals surface area contributed by atoms with Crippen molar-refractivity contribution in [1.29, 1.82) is 0 Å². The molecule has 2 atom stereocenters. The van der Waals surface area contributed by atoms with Crippen LogP contribution in [0, 0.1) is 0 Å². The molecule has 0 saturated carbocycles. The van der Waals surface area contributed by atoms with Crippen molar-refractivity contribution in [2.45, 2.75) is 25.0 Å². The van der Waals surface area contributed by atoms with Gasteiger partial charge in [0, 0.05) is 24.2 Å². The van der Waals surface area contributed by atoms with Gasteiger partial charge < -0.3 is 14.8 Å². The van der Waals surface area contributed by atoms with Crippen LogP contribution in [0.1, 0.15) is 34.9 Å². The van der Waals surface area contributed by atoms with Crippen molar-refractivity contribution < 1.29 is 14.3 Å². The molecule has 1 fully saturated rings. The second kappa shape index (κ2) is 10.2. The first-order valence-corrected chi connectivity index (χ1v) is 11.8. The third-order valence-electron chi connectivity index (χ3n) is 6.54. The number of carbonyl (C=O) groups excluding carboxylic acids is 1. The number of amides is 1. The largest absolute Gasteiger partial charge is 0.491 e. The van der Waals surface area contributed by atoms with E-state index in [1.165, 1.54) is 0 Å². The van der Waals surface area contributed by atoms with Crippen LogP contribution in [0.2, 0.25) is 0 Å². The van der Waals surface area contributed by atoms with Gasteiger partial charge in [0.1, 0.15) is 18.5 Å². The molecule has 0 aromatic heterocycles. The van der Waals surface area contributed by atoms with Crippen LogP contribution in [0.4, 0.5) is 0 Å². The zero-order valence-electron chi connectivity index (χ0n) is 18.8. The highest BCUT2D eigenvalue weighted by molar-refractivity contribution is 5.94. The molecule has 3 aromatic rings. The lowest BCUT2D eigenvalue weighted by Crippen LogP contribution is -2.52. The van der Waals surface area contributed by atoms with Gasteiger partial charge in [-0.25, -0.2) is 0 Å². The molecule has 0 spiro atoms. The number of hydrogen-bond donors (Lipinski definition) is 1. The van der Waals surface area contributed by atoms with Gasteiger partial charge in [-0.1, -0.05) is 60.7 Å². The maximum atomic E-state index is 12.5. The van der Waals surface area contributed by atoms with E-state index >= 15 is 0 Å². The normalized spacial score (nSPS) is 19.8. The summed E-state index contributed by atoms with van der Waals surface area (Å²) >= 11 is 0. The summed E-state index contributed by atoms with van der Waals surface area (Å²) in [7, 11) is 0. The van der Waals surface area contributed by atoms with E-state index in [9.17, 15) is 4.79 Å². The quantitative estimate of drug-likeness (QED) is 0.539. The van der Waals surface area contributed by atoms with E-state index in [0.717, 1.165) is 55.0 Å². The number of ether oxygens (including phenoxy) is 2. The monoisotopic (exact) mass is 442 g/mol. The fraction of sp³-hybridized carbons (Fsp3) is 0.321. The van der Waals surface area contributed by atoms with E-state index < -0.39 is 0 Å². The molecule has 5 heteroatoms. The van der Waals surface area contributed by atoms with Crippen LogP contribution in [0.5, 0.6) is 5.75 Å². The van der Waals surface area contributed by atoms with E-state index in [-0.39, 0.29) is 18.1 Å². The molecule has 0 radical (unpaired) electrons. The summed E-state index contributed by atoms with van der Waals surface area (Å²) in [5.74, 6) is 0.929. The summed E-state index contributed by atoms with van der Waals surface area (Å²) in [5, 5.41) is 3.06. The number of benzene rings is 3. The van der Waals surface area contributed by atoms with Crippen molar-refractivity contribution in [3.8, 4) is 16.9 Å². The van der Waals surface area contributed by atoms with Crippen molar-refractivity contribution in [3.05, 3.63) is 90.0 Å². The lowest BCUT2D eigenvalue weighted by Gasteiger charge is -2.44. The molecule has 33 heavy (non-hydrogen) atoms. The molecule has 0 unspecified atom stereocenters. The molecule has 0 aliphatic carbocycles. The van der Waals surface area contributed by atoms with Crippen LogP contribution in [-0.4, -0.2) is 49.7 Å². The van der Waals surface area contributed by atoms with Gasteiger partial charge in [-0.15, -0.1) is 0 Å². The molecular weight excluding hydrogens is 412 g/mol. The fourth-order valence-corrected chi connectivity index (χ4v) is 4.74. The first-order chi connectivity index (χ1) is 16.3. The highest BCUT2D eigenvalue weighted by atomic mass is 16.5. The molecule has 1 amide bonds. The van der Waals surface area contributed by atoms with Crippen LogP contribution in [0.3, 0.4) is 0 Å². The second-order valence-electron chi connectivity index (χ2n) is 8.65. The molecule has 2 aliphatic heterocycles. The van der Waals surface area contributed by atoms with Gasteiger partial charge in [-0.05, 0) is 48.7 Å². The first kappa shape index (κ1) is 21.7. The Labute approximate surface area is 195 Å². The predicted octanol–water partition coefficient (Wildman–Crippen LogP) is 4.70. The molecule has 170 valence electrons. The third-order valence-corrected chi connectivity index (χ3v) is 6.54. The minimum absolute atomic E-state index is 0.0154. The Morgan fingerprint density at radius 2 is 1.67 bits per heavy atom. The fourth-order valence-electron chi connectivity index (χ4n) is 4.74. The summed E-state index contributed by atoms with van der Waals surface area (Å²) in [6.07, 6.45) is 2.06. The number of nitrogens with one attached hydrogen (secondary N) is 1. The highest BCUT2D eigenvalue weighted by Crippen LogP contribution is 2.38. The molecule has 2 aliphatic rings. The van der Waals surface area contributed by atoms with Gasteiger partial charge in [0.2, 0.25) is 0 Å². The maximum Gasteiger partial charge on any atom is 0.251 e. The number of para-hydroxylation sites is 1. The Morgan fingerprint density at radius 1 is 0.909 bits per heavy atom. The number of rotatable bonds is 7. The number of hydrogen-bond acceptors (Lipinski definition) is 4. The van der Waals surface area contributed by atoms with E-state index in [4.69, 9.17) is 9.47 Å². The lowest BCUT2D eigenvalue weighted by atomic mass is 9.96. The summed E-state index contributed by atoms with van der Waals surface area (Å²) < 4.78 is 12.1. The van der Waals surface area contributed by atoms with Crippen molar-refractivity contribution in [3.63, 3.8) is 0 Å². The van der Waals surface area contributed by atoms with E-state index in [2.05, 4.69) is 28.4 Å². The van der Waals surface area contributed by atoms with Crippen LogP contribution in [0.15, 0.2) is 78.9 Å². The Kier molecular flexibility index (Phi) is 6.70. The average molecular weight is 443 g/mol. The van der Waals surface area contributed by atoms with Gasteiger partial charge in [-0.2, -0.15) is 0 Å². The Bertz CT molecular complexity index is 1070. The van der Waals surface area contributed by atoms with Crippen molar-refractivity contribution in [2.24, 2.45) is 0 Å². The Balaban J connectivity index is 1.07. The third kappa shape index (κ3) is 4.95. The topological polar surface area (TPSA) is 50.8 Å². The molecule has 1 saturated heterocycles. The first-order valence-electron chi connectivity index (χ1n) is 11.8. The standard InChI is InChI=1S/C28H30N2O3/c31-28(23-14-12-22(13-15-23)21-8-2-1-3-9-21)29-16-6-7-17-30-18-19-32-27-24-10-4-5-11-26(24)33-20-25(27)30/h1-5,8-15,25,27H,6-7,16-20H2,(H,29,31)/t25-,27+/m0/s1. The SMILES string of the molecule is O=C(NCCCCN1CCO[C@@H]2c3ccccc3OC[C@@H]21)c1ccc(-c2ccccc2)cc1. The van der Waals surface area contributed by atoms with Crippen molar-refractivity contribution in [2.75, 3.05) is 32.8 Å². The highest BCUT2D eigenvalue weighted by Gasteiger charge is 2.38. The van der Waals surface area contributed by atoms with Gasteiger partial charge in [0.15, 0.2) is 0 Å². The van der Waals surface area contributed by atoms with Gasteiger partial charge in [-0.3, -0.25) is 9.69 Å². The molecule has 5 rings (SSSR count). The second-order valence-corrected chi connectivity index (χ2v) is 8.65. The Hall–Kier alpha value is -3.15. The van der Waals surface area contributed by atoms with Gasteiger partial charge in [0.25, 0.3) is 5.91 Å². The minimum Gasteiger partial charge on any atom is -0.491 e.